The number of hydrogen-bond donors (Lipinski definition) is 2. The lowest BCUT2D eigenvalue weighted by molar-refractivity contribution is 0.129. The molecule has 1 aliphatic carbocycles. The number of benzene rings is 1. The third-order valence-corrected chi connectivity index (χ3v) is 4.65. The first-order chi connectivity index (χ1) is 9.63. The quantitative estimate of drug-likeness (QED) is 0.683. The fourth-order valence-electron chi connectivity index (χ4n) is 1.90. The van der Waals surface area contributed by atoms with Crippen molar-refractivity contribution in [3.63, 3.8) is 0 Å². The van der Waals surface area contributed by atoms with Crippen LogP contribution in [0.2, 0.25) is 0 Å². The molecule has 0 atom stereocenters. The SMILES string of the molecule is CCNc1ccccc1S(=O)(=O)NCCOCC1CC1. The lowest BCUT2D eigenvalue weighted by atomic mass is 10.3. The molecule has 1 saturated carbocycles. The molecule has 20 heavy (non-hydrogen) atoms. The topological polar surface area (TPSA) is 67.4 Å². The van der Waals surface area contributed by atoms with E-state index in [-0.39, 0.29) is 4.90 Å². The predicted octanol–water partition coefficient (Wildman–Crippen LogP) is 1.82. The fraction of sp³-hybridized carbons (Fsp3) is 0.571. The van der Waals surface area contributed by atoms with E-state index < -0.39 is 10.0 Å². The van der Waals surface area contributed by atoms with Gasteiger partial charge in [-0.3, -0.25) is 0 Å². The smallest absolute Gasteiger partial charge is 0.242 e. The number of rotatable bonds is 9. The molecule has 5 nitrogen and oxygen atoms in total. The second-order valence-corrected chi connectivity index (χ2v) is 6.68. The molecular formula is C14H22N2O3S. The van der Waals surface area contributed by atoms with Crippen LogP contribution in [0.1, 0.15) is 19.8 Å². The van der Waals surface area contributed by atoms with Gasteiger partial charge in [-0.15, -0.1) is 0 Å². The number of hydrogen-bond acceptors (Lipinski definition) is 4. The van der Waals surface area contributed by atoms with Crippen LogP contribution in [0, 0.1) is 5.92 Å². The average Bonchev–Trinajstić information content (AvgIpc) is 3.23. The third kappa shape index (κ3) is 4.47. The van der Waals surface area contributed by atoms with Crippen molar-refractivity contribution in [3.8, 4) is 0 Å². The Bertz CT molecular complexity index is 527. The van der Waals surface area contributed by atoms with Gasteiger partial charge in [0, 0.05) is 19.7 Å². The molecule has 0 amide bonds. The van der Waals surface area contributed by atoms with Crippen molar-refractivity contribution in [1.82, 2.24) is 4.72 Å². The zero-order valence-corrected chi connectivity index (χ0v) is 12.6. The van der Waals surface area contributed by atoms with Crippen LogP contribution in [-0.4, -0.2) is 34.7 Å². The highest BCUT2D eigenvalue weighted by Gasteiger charge is 2.21. The number of nitrogens with one attached hydrogen (secondary N) is 2. The summed E-state index contributed by atoms with van der Waals surface area (Å²) in [4.78, 5) is 0.282. The van der Waals surface area contributed by atoms with Crippen LogP contribution in [0.4, 0.5) is 5.69 Å². The van der Waals surface area contributed by atoms with E-state index >= 15 is 0 Å². The number of sulfonamides is 1. The van der Waals surface area contributed by atoms with E-state index in [1.165, 1.54) is 12.8 Å². The maximum Gasteiger partial charge on any atom is 0.242 e. The summed E-state index contributed by atoms with van der Waals surface area (Å²) in [6.07, 6.45) is 2.48. The first-order valence-electron chi connectivity index (χ1n) is 7.04. The van der Waals surface area contributed by atoms with E-state index in [2.05, 4.69) is 10.0 Å². The molecule has 1 aromatic rings. The van der Waals surface area contributed by atoms with Crippen molar-refractivity contribution in [2.24, 2.45) is 5.92 Å². The van der Waals surface area contributed by atoms with E-state index in [1.807, 2.05) is 13.0 Å². The second-order valence-electron chi connectivity index (χ2n) is 4.94. The molecule has 0 saturated heterocycles. The van der Waals surface area contributed by atoms with Crippen LogP contribution in [-0.2, 0) is 14.8 Å². The van der Waals surface area contributed by atoms with Crippen molar-refractivity contribution >= 4 is 15.7 Å². The van der Waals surface area contributed by atoms with E-state index in [1.54, 1.807) is 18.2 Å². The van der Waals surface area contributed by atoms with Gasteiger partial charge in [0.05, 0.1) is 12.3 Å². The van der Waals surface area contributed by atoms with Gasteiger partial charge in [-0.25, -0.2) is 13.1 Å². The number of para-hydroxylation sites is 1. The van der Waals surface area contributed by atoms with Gasteiger partial charge in [0.1, 0.15) is 4.90 Å². The van der Waals surface area contributed by atoms with Crippen LogP contribution in [0.3, 0.4) is 0 Å². The maximum absolute atomic E-state index is 12.2. The lowest BCUT2D eigenvalue weighted by Crippen LogP contribution is -2.28. The molecule has 0 unspecified atom stereocenters. The summed E-state index contributed by atoms with van der Waals surface area (Å²) in [5, 5.41) is 3.06. The van der Waals surface area contributed by atoms with E-state index in [0.717, 1.165) is 6.61 Å². The van der Waals surface area contributed by atoms with Crippen molar-refractivity contribution in [2.45, 2.75) is 24.7 Å². The van der Waals surface area contributed by atoms with E-state index in [4.69, 9.17) is 4.74 Å². The molecule has 2 rings (SSSR count). The minimum Gasteiger partial charge on any atom is -0.384 e. The monoisotopic (exact) mass is 298 g/mol. The Balaban J connectivity index is 1.87. The molecule has 0 aliphatic heterocycles. The minimum atomic E-state index is -3.49. The lowest BCUT2D eigenvalue weighted by Gasteiger charge is -2.12. The summed E-state index contributed by atoms with van der Waals surface area (Å²) in [5.74, 6) is 0.695. The van der Waals surface area contributed by atoms with Crippen LogP contribution >= 0.6 is 0 Å². The summed E-state index contributed by atoms with van der Waals surface area (Å²) in [6, 6.07) is 6.90. The molecule has 0 heterocycles. The van der Waals surface area contributed by atoms with E-state index in [0.29, 0.717) is 31.3 Å². The summed E-state index contributed by atoms with van der Waals surface area (Å²) in [6.45, 7) is 4.07. The third-order valence-electron chi connectivity index (χ3n) is 3.13. The highest BCUT2D eigenvalue weighted by molar-refractivity contribution is 7.89. The first-order valence-corrected chi connectivity index (χ1v) is 8.52. The Hall–Kier alpha value is -1.11. The Labute approximate surface area is 120 Å². The molecule has 112 valence electrons. The van der Waals surface area contributed by atoms with Gasteiger partial charge in [0.2, 0.25) is 10.0 Å². The summed E-state index contributed by atoms with van der Waals surface area (Å²) < 4.78 is 32.5. The molecule has 6 heteroatoms. The van der Waals surface area contributed by atoms with Crippen molar-refractivity contribution in [2.75, 3.05) is 31.6 Å². The van der Waals surface area contributed by atoms with Crippen LogP contribution in [0.25, 0.3) is 0 Å². The predicted molar refractivity (Wildman–Crippen MR) is 79.3 cm³/mol. The van der Waals surface area contributed by atoms with Gasteiger partial charge < -0.3 is 10.1 Å². The second kappa shape index (κ2) is 7.06. The summed E-state index contributed by atoms with van der Waals surface area (Å²) in [7, 11) is -3.49. The number of ether oxygens (including phenoxy) is 1. The normalized spacial score (nSPS) is 15.2. The Morgan fingerprint density at radius 1 is 1.30 bits per heavy atom. The Kier molecular flexibility index (Phi) is 5.39. The summed E-state index contributed by atoms with van der Waals surface area (Å²) in [5.41, 5.74) is 0.626. The minimum absolute atomic E-state index is 0.282. The molecule has 0 spiro atoms. The van der Waals surface area contributed by atoms with Gasteiger partial charge in [0.25, 0.3) is 0 Å². The van der Waals surface area contributed by atoms with E-state index in [9.17, 15) is 8.42 Å². The first kappa shape index (κ1) is 15.3. The Morgan fingerprint density at radius 2 is 2.05 bits per heavy atom. The van der Waals surface area contributed by atoms with Gasteiger partial charge >= 0.3 is 0 Å². The van der Waals surface area contributed by atoms with Gasteiger partial charge in [-0.2, -0.15) is 0 Å². The standard InChI is InChI=1S/C14H22N2O3S/c1-2-15-13-5-3-4-6-14(13)20(17,18)16-9-10-19-11-12-7-8-12/h3-6,12,15-16H,2,7-11H2,1H3. The fourth-order valence-corrected chi connectivity index (χ4v) is 3.09. The molecule has 0 aromatic heterocycles. The molecule has 1 fully saturated rings. The molecule has 0 bridgehead atoms. The summed E-state index contributed by atoms with van der Waals surface area (Å²) >= 11 is 0. The highest BCUT2D eigenvalue weighted by Crippen LogP contribution is 2.28. The maximum atomic E-state index is 12.2. The molecule has 2 N–H and O–H groups in total. The Morgan fingerprint density at radius 3 is 2.75 bits per heavy atom. The zero-order valence-electron chi connectivity index (χ0n) is 11.8. The largest absolute Gasteiger partial charge is 0.384 e. The van der Waals surface area contributed by atoms with Crippen molar-refractivity contribution in [3.05, 3.63) is 24.3 Å². The van der Waals surface area contributed by atoms with Crippen LogP contribution in [0.15, 0.2) is 29.2 Å². The van der Waals surface area contributed by atoms with Gasteiger partial charge in [-0.05, 0) is 37.8 Å². The highest BCUT2D eigenvalue weighted by atomic mass is 32.2. The van der Waals surface area contributed by atoms with Gasteiger partial charge in [0.15, 0.2) is 0 Å². The zero-order chi connectivity index (χ0) is 14.4. The van der Waals surface area contributed by atoms with Crippen LogP contribution < -0.4 is 10.0 Å². The molecule has 1 aliphatic rings. The molecule has 0 radical (unpaired) electrons. The van der Waals surface area contributed by atoms with Crippen molar-refractivity contribution < 1.29 is 13.2 Å². The molecular weight excluding hydrogens is 276 g/mol. The molecule has 1 aromatic carbocycles. The van der Waals surface area contributed by atoms with Crippen molar-refractivity contribution in [1.29, 1.82) is 0 Å². The number of anilines is 1. The van der Waals surface area contributed by atoms with Gasteiger partial charge in [-0.1, -0.05) is 12.1 Å². The average molecular weight is 298 g/mol. The van der Waals surface area contributed by atoms with Crippen LogP contribution in [0.5, 0.6) is 0 Å².